The molecule has 0 radical (unpaired) electrons. The summed E-state index contributed by atoms with van der Waals surface area (Å²) in [6.07, 6.45) is 3.55. The summed E-state index contributed by atoms with van der Waals surface area (Å²) in [7, 11) is 0. The van der Waals surface area contributed by atoms with Crippen molar-refractivity contribution in [3.05, 3.63) is 29.8 Å². The van der Waals surface area contributed by atoms with E-state index in [9.17, 15) is 4.79 Å². The topological polar surface area (TPSA) is 53.2 Å². The fraction of sp³-hybridized carbons (Fsp3) is 0.562. The van der Waals surface area contributed by atoms with Crippen LogP contribution in [0.2, 0.25) is 0 Å². The zero-order valence-corrected chi connectivity index (χ0v) is 13.2. The molecule has 3 unspecified atom stereocenters. The van der Waals surface area contributed by atoms with Crippen LogP contribution in [0.1, 0.15) is 24.8 Å². The van der Waals surface area contributed by atoms with Crippen LogP contribution in [0.15, 0.2) is 29.2 Å². The minimum absolute atomic E-state index is 0.141. The summed E-state index contributed by atoms with van der Waals surface area (Å²) in [4.78, 5) is 13.4. The van der Waals surface area contributed by atoms with E-state index in [1.54, 1.807) is 11.8 Å². The van der Waals surface area contributed by atoms with Gasteiger partial charge >= 0.3 is 0 Å². The Morgan fingerprint density at radius 2 is 2.24 bits per heavy atom. The first-order valence-corrected chi connectivity index (χ1v) is 8.69. The van der Waals surface area contributed by atoms with E-state index in [1.807, 2.05) is 12.1 Å². The van der Waals surface area contributed by atoms with E-state index in [1.165, 1.54) is 23.3 Å². The molecule has 0 aromatic heterocycles. The van der Waals surface area contributed by atoms with E-state index in [-0.39, 0.29) is 11.9 Å². The molecular weight excluding hydrogens is 282 g/mol. The van der Waals surface area contributed by atoms with Crippen LogP contribution in [0.5, 0.6) is 0 Å². The van der Waals surface area contributed by atoms with Gasteiger partial charge in [0.25, 0.3) is 0 Å². The van der Waals surface area contributed by atoms with Crippen LogP contribution < -0.4 is 16.2 Å². The smallest absolute Gasteiger partial charge is 0.230 e. The summed E-state index contributed by atoms with van der Waals surface area (Å²) in [5, 5.41) is 3.22. The van der Waals surface area contributed by atoms with Crippen LogP contribution >= 0.6 is 11.8 Å². The molecule has 1 aliphatic carbocycles. The van der Waals surface area contributed by atoms with Gasteiger partial charge in [0.1, 0.15) is 0 Å². The first kappa shape index (κ1) is 14.9. The second-order valence-electron chi connectivity index (χ2n) is 5.97. The van der Waals surface area contributed by atoms with Crippen molar-refractivity contribution in [3.8, 4) is 0 Å². The van der Waals surface area contributed by atoms with Crippen molar-refractivity contribution in [1.29, 1.82) is 0 Å². The predicted molar refractivity (Wildman–Crippen MR) is 86.1 cm³/mol. The third-order valence-corrected chi connectivity index (χ3v) is 5.64. The molecule has 4 nitrogen and oxygen atoms in total. The van der Waals surface area contributed by atoms with E-state index < -0.39 is 0 Å². The van der Waals surface area contributed by atoms with Crippen molar-refractivity contribution >= 4 is 17.7 Å². The molecule has 1 aromatic carbocycles. The van der Waals surface area contributed by atoms with Crippen molar-refractivity contribution in [2.45, 2.75) is 43.2 Å². The van der Waals surface area contributed by atoms with Gasteiger partial charge < -0.3 is 5.32 Å². The lowest BCUT2D eigenvalue weighted by Gasteiger charge is -2.33. The van der Waals surface area contributed by atoms with Crippen molar-refractivity contribution in [3.63, 3.8) is 0 Å². The number of carbonyl (C=O) groups is 1. The molecule has 1 aromatic rings. The number of amides is 1. The number of benzene rings is 1. The van der Waals surface area contributed by atoms with Crippen molar-refractivity contribution in [1.82, 2.24) is 16.2 Å². The minimum atomic E-state index is 0.141. The van der Waals surface area contributed by atoms with Crippen LogP contribution in [0.25, 0.3) is 0 Å². The normalized spacial score (nSPS) is 28.1. The molecule has 1 saturated carbocycles. The maximum Gasteiger partial charge on any atom is 0.230 e. The average Bonchev–Trinajstić information content (AvgIpc) is 2.96. The van der Waals surface area contributed by atoms with Crippen molar-refractivity contribution in [2.24, 2.45) is 5.92 Å². The molecule has 3 atom stereocenters. The van der Waals surface area contributed by atoms with E-state index in [0.29, 0.717) is 17.7 Å². The van der Waals surface area contributed by atoms with Gasteiger partial charge in [-0.2, -0.15) is 0 Å². The molecule has 2 fully saturated rings. The molecule has 5 heteroatoms. The Morgan fingerprint density at radius 3 is 3.10 bits per heavy atom. The van der Waals surface area contributed by atoms with Crippen LogP contribution in [0.4, 0.5) is 0 Å². The quantitative estimate of drug-likeness (QED) is 0.743. The zero-order valence-electron chi connectivity index (χ0n) is 12.4. The number of fused-ring (bicyclic) bond motifs is 1. The van der Waals surface area contributed by atoms with Crippen molar-refractivity contribution in [2.75, 3.05) is 12.3 Å². The number of thioether (sulfide) groups is 1. The summed E-state index contributed by atoms with van der Waals surface area (Å²) in [6, 6.07) is 8.87. The highest BCUT2D eigenvalue weighted by Crippen LogP contribution is 2.27. The van der Waals surface area contributed by atoms with Gasteiger partial charge in [-0.1, -0.05) is 24.6 Å². The van der Waals surface area contributed by atoms with Crippen molar-refractivity contribution < 1.29 is 4.79 Å². The maximum atomic E-state index is 12.2. The molecule has 21 heavy (non-hydrogen) atoms. The van der Waals surface area contributed by atoms with Gasteiger partial charge in [0.15, 0.2) is 0 Å². The number of aryl methyl sites for hydroxylation is 1. The van der Waals surface area contributed by atoms with Crippen LogP contribution in [-0.2, 0) is 4.79 Å². The van der Waals surface area contributed by atoms with E-state index >= 15 is 0 Å². The zero-order chi connectivity index (χ0) is 14.7. The standard InChI is InChI=1S/C16H23N3OS/c1-11-5-2-3-8-14(11)21-10-15(20)18-13-7-4-6-12-9-17-19-16(12)13/h2-3,5,8,12-13,16-17,19H,4,6-7,9-10H2,1H3,(H,18,20). The summed E-state index contributed by atoms with van der Waals surface area (Å²) in [6.45, 7) is 3.11. The third kappa shape index (κ3) is 3.59. The van der Waals surface area contributed by atoms with Crippen LogP contribution in [-0.4, -0.2) is 30.3 Å². The molecular formula is C16H23N3OS. The molecule has 0 spiro atoms. The summed E-state index contributed by atoms with van der Waals surface area (Å²) >= 11 is 1.62. The number of nitrogens with one attached hydrogen (secondary N) is 3. The largest absolute Gasteiger partial charge is 0.351 e. The molecule has 114 valence electrons. The van der Waals surface area contributed by atoms with E-state index in [2.05, 4.69) is 35.2 Å². The molecule has 2 aliphatic rings. The second-order valence-corrected chi connectivity index (χ2v) is 6.99. The Kier molecular flexibility index (Phi) is 4.83. The van der Waals surface area contributed by atoms with Gasteiger partial charge in [-0.15, -0.1) is 11.8 Å². The highest BCUT2D eigenvalue weighted by molar-refractivity contribution is 8.00. The van der Waals surface area contributed by atoms with Gasteiger partial charge in [0.2, 0.25) is 5.91 Å². The Labute approximate surface area is 130 Å². The molecule has 1 heterocycles. The predicted octanol–water partition coefficient (Wildman–Crippen LogP) is 1.85. The molecule has 0 bridgehead atoms. The highest BCUT2D eigenvalue weighted by Gasteiger charge is 2.37. The average molecular weight is 305 g/mol. The maximum absolute atomic E-state index is 12.2. The Balaban J connectivity index is 1.51. The molecule has 1 aliphatic heterocycles. The fourth-order valence-corrected chi connectivity index (χ4v) is 4.16. The summed E-state index contributed by atoms with van der Waals surface area (Å²) in [5.74, 6) is 1.29. The van der Waals surface area contributed by atoms with Gasteiger partial charge in [0, 0.05) is 23.5 Å². The molecule has 3 N–H and O–H groups in total. The number of carbonyl (C=O) groups excluding carboxylic acids is 1. The third-order valence-electron chi connectivity index (χ3n) is 4.46. The number of hydrogen-bond donors (Lipinski definition) is 3. The van der Waals surface area contributed by atoms with Crippen LogP contribution in [0, 0.1) is 12.8 Å². The Hall–Kier alpha value is -1.04. The van der Waals surface area contributed by atoms with Gasteiger partial charge in [-0.3, -0.25) is 15.6 Å². The lowest BCUT2D eigenvalue weighted by Crippen LogP contribution is -2.53. The first-order chi connectivity index (χ1) is 10.2. The number of rotatable bonds is 4. The monoisotopic (exact) mass is 305 g/mol. The Bertz CT molecular complexity index is 508. The number of hydrogen-bond acceptors (Lipinski definition) is 4. The van der Waals surface area contributed by atoms with E-state index in [0.717, 1.165) is 13.0 Å². The highest BCUT2D eigenvalue weighted by atomic mass is 32.2. The molecule has 3 rings (SSSR count). The Morgan fingerprint density at radius 1 is 1.38 bits per heavy atom. The lowest BCUT2D eigenvalue weighted by atomic mass is 9.82. The number of hydrazine groups is 1. The fourth-order valence-electron chi connectivity index (χ4n) is 3.32. The second kappa shape index (κ2) is 6.81. The molecule has 1 amide bonds. The minimum Gasteiger partial charge on any atom is -0.351 e. The summed E-state index contributed by atoms with van der Waals surface area (Å²) < 4.78 is 0. The van der Waals surface area contributed by atoms with Gasteiger partial charge in [-0.05, 0) is 37.3 Å². The lowest BCUT2D eigenvalue weighted by molar-refractivity contribution is -0.119. The van der Waals surface area contributed by atoms with Gasteiger partial charge in [-0.25, -0.2) is 0 Å². The van der Waals surface area contributed by atoms with Gasteiger partial charge in [0.05, 0.1) is 5.75 Å². The SMILES string of the molecule is Cc1ccccc1SCC(=O)NC1CCCC2CNNC21. The molecule has 1 saturated heterocycles. The van der Waals surface area contributed by atoms with E-state index in [4.69, 9.17) is 0 Å². The summed E-state index contributed by atoms with van der Waals surface area (Å²) in [5.41, 5.74) is 7.78. The first-order valence-electron chi connectivity index (χ1n) is 7.70. The van der Waals surface area contributed by atoms with Crippen LogP contribution in [0.3, 0.4) is 0 Å².